The monoisotopic (exact) mass is 703 g/mol. The van der Waals surface area contributed by atoms with Crippen LogP contribution >= 0.6 is 0 Å². The average molecular weight is 704 g/mol. The first kappa shape index (κ1) is 32.7. The predicted octanol–water partition coefficient (Wildman–Crippen LogP) is 13.3. The Morgan fingerprint density at radius 1 is 0.400 bits per heavy atom. The molecular weight excluding hydrogens is 667 g/mol. The van der Waals surface area contributed by atoms with E-state index in [9.17, 15) is 0 Å². The highest BCUT2D eigenvalue weighted by Gasteiger charge is 2.37. The average Bonchev–Trinajstić information content (AvgIpc) is 3.50. The third-order valence-electron chi connectivity index (χ3n) is 11.2. The second kappa shape index (κ2) is 13.2. The summed E-state index contributed by atoms with van der Waals surface area (Å²) in [7, 11) is 0. The summed E-state index contributed by atoms with van der Waals surface area (Å²) in [5, 5.41) is 2.59. The summed E-state index contributed by atoms with van der Waals surface area (Å²) < 4.78 is 0. The van der Waals surface area contributed by atoms with E-state index in [4.69, 9.17) is 9.97 Å². The Morgan fingerprint density at radius 3 is 1.73 bits per heavy atom. The van der Waals surface area contributed by atoms with Gasteiger partial charge in [-0.1, -0.05) is 172 Å². The van der Waals surface area contributed by atoms with Gasteiger partial charge in [0.2, 0.25) is 0 Å². The van der Waals surface area contributed by atoms with Gasteiger partial charge in [0, 0.05) is 34.5 Å². The fourth-order valence-corrected chi connectivity index (χ4v) is 8.32. The smallest absolute Gasteiger partial charge is 0.160 e. The van der Waals surface area contributed by atoms with Gasteiger partial charge in [0.25, 0.3) is 0 Å². The van der Waals surface area contributed by atoms with Crippen LogP contribution in [0.4, 0.5) is 0 Å². The third-order valence-corrected chi connectivity index (χ3v) is 11.2. The van der Waals surface area contributed by atoms with Crippen molar-refractivity contribution in [2.45, 2.75) is 19.3 Å². The maximum absolute atomic E-state index is 5.09. The van der Waals surface area contributed by atoms with Crippen LogP contribution in [0.15, 0.2) is 188 Å². The molecule has 0 radical (unpaired) electrons. The Morgan fingerprint density at radius 2 is 1.00 bits per heavy atom. The van der Waals surface area contributed by atoms with Crippen LogP contribution in [0, 0.1) is 0 Å². The molecule has 7 aromatic carbocycles. The van der Waals surface area contributed by atoms with E-state index in [0.29, 0.717) is 5.82 Å². The molecule has 0 amide bonds. The lowest BCUT2D eigenvalue weighted by Crippen LogP contribution is -2.14. The molecule has 0 spiro atoms. The first-order chi connectivity index (χ1) is 27.0. The van der Waals surface area contributed by atoms with E-state index in [0.717, 1.165) is 44.8 Å². The molecule has 3 heteroatoms. The zero-order chi connectivity index (χ0) is 36.9. The van der Waals surface area contributed by atoms with Crippen molar-refractivity contribution in [2.24, 2.45) is 0 Å². The fourth-order valence-electron chi connectivity index (χ4n) is 8.32. The molecule has 0 atom stereocenters. The summed E-state index contributed by atoms with van der Waals surface area (Å²) in [5.41, 5.74) is 17.3. The quantitative estimate of drug-likeness (QED) is 0.173. The second-order valence-electron chi connectivity index (χ2n) is 14.9. The largest absolute Gasteiger partial charge is 0.264 e. The van der Waals surface area contributed by atoms with E-state index >= 15 is 0 Å². The number of hydrogen-bond donors (Lipinski definition) is 0. The van der Waals surface area contributed by atoms with E-state index in [1.165, 1.54) is 49.7 Å². The molecule has 260 valence electrons. The lowest BCUT2D eigenvalue weighted by atomic mass is 9.81. The summed E-state index contributed by atoms with van der Waals surface area (Å²) in [5.74, 6) is 0.703. The zero-order valence-corrected chi connectivity index (χ0v) is 30.7. The fraction of sp³-hybridized carbons (Fsp3) is 0.0577. The molecule has 3 nitrogen and oxygen atoms in total. The van der Waals surface area contributed by atoms with Crippen LogP contribution in [0.3, 0.4) is 0 Å². The number of hydrogen-bond acceptors (Lipinski definition) is 3. The van der Waals surface area contributed by atoms with Gasteiger partial charge in [-0.2, -0.15) is 0 Å². The second-order valence-corrected chi connectivity index (χ2v) is 14.9. The minimum Gasteiger partial charge on any atom is -0.264 e. The molecule has 9 aromatic rings. The lowest BCUT2D eigenvalue weighted by molar-refractivity contribution is 0.661. The van der Waals surface area contributed by atoms with Crippen molar-refractivity contribution in [2.75, 3.05) is 0 Å². The van der Waals surface area contributed by atoms with Crippen LogP contribution < -0.4 is 0 Å². The summed E-state index contributed by atoms with van der Waals surface area (Å²) in [6.45, 7) is 4.72. The Kier molecular flexibility index (Phi) is 7.81. The van der Waals surface area contributed by atoms with Gasteiger partial charge in [-0.15, -0.1) is 0 Å². The number of benzene rings is 7. The number of rotatable bonds is 6. The number of fused-ring (bicyclic) bond motifs is 5. The van der Waals surface area contributed by atoms with E-state index in [1.807, 2.05) is 30.5 Å². The molecule has 0 unspecified atom stereocenters. The molecule has 1 aliphatic rings. The van der Waals surface area contributed by atoms with E-state index in [1.54, 1.807) is 6.20 Å². The zero-order valence-electron chi connectivity index (χ0n) is 30.7. The van der Waals surface area contributed by atoms with Gasteiger partial charge in [-0.25, -0.2) is 9.97 Å². The van der Waals surface area contributed by atoms with Gasteiger partial charge in [-0.3, -0.25) is 4.98 Å². The lowest BCUT2D eigenvalue weighted by Gasteiger charge is -2.21. The minimum atomic E-state index is -0.0806. The predicted molar refractivity (Wildman–Crippen MR) is 228 cm³/mol. The third kappa shape index (κ3) is 5.73. The molecule has 0 saturated heterocycles. The van der Waals surface area contributed by atoms with Gasteiger partial charge in [-0.05, 0) is 84.6 Å². The van der Waals surface area contributed by atoms with E-state index < -0.39 is 0 Å². The summed E-state index contributed by atoms with van der Waals surface area (Å²) >= 11 is 0. The highest BCUT2D eigenvalue weighted by Crippen LogP contribution is 2.54. The first-order valence-electron chi connectivity index (χ1n) is 18.8. The minimum absolute atomic E-state index is 0.0806. The van der Waals surface area contributed by atoms with Crippen LogP contribution in [0.5, 0.6) is 0 Å². The maximum Gasteiger partial charge on any atom is 0.160 e. The molecule has 0 bridgehead atoms. The van der Waals surface area contributed by atoms with Gasteiger partial charge >= 0.3 is 0 Å². The van der Waals surface area contributed by atoms with Gasteiger partial charge < -0.3 is 0 Å². The van der Waals surface area contributed by atoms with E-state index in [-0.39, 0.29) is 5.41 Å². The summed E-state index contributed by atoms with van der Waals surface area (Å²) in [6, 6.07) is 62.8. The van der Waals surface area contributed by atoms with E-state index in [2.05, 4.69) is 170 Å². The van der Waals surface area contributed by atoms with Crippen molar-refractivity contribution in [3.05, 3.63) is 199 Å². The summed E-state index contributed by atoms with van der Waals surface area (Å²) in [6.07, 6.45) is 3.69. The Hall–Kier alpha value is -6.97. The normalized spacial score (nSPS) is 12.7. The highest BCUT2D eigenvalue weighted by atomic mass is 14.9. The van der Waals surface area contributed by atoms with Crippen LogP contribution in [0.25, 0.3) is 89.2 Å². The molecule has 55 heavy (non-hydrogen) atoms. The van der Waals surface area contributed by atoms with Crippen molar-refractivity contribution < 1.29 is 0 Å². The first-order valence-corrected chi connectivity index (χ1v) is 18.8. The van der Waals surface area contributed by atoms with Crippen molar-refractivity contribution in [1.29, 1.82) is 0 Å². The topological polar surface area (TPSA) is 38.7 Å². The summed E-state index contributed by atoms with van der Waals surface area (Å²) in [4.78, 5) is 14.4. The van der Waals surface area contributed by atoms with Crippen molar-refractivity contribution in [3.8, 4) is 78.4 Å². The molecule has 10 rings (SSSR count). The highest BCUT2D eigenvalue weighted by molar-refractivity contribution is 6.06. The van der Waals surface area contributed by atoms with Crippen molar-refractivity contribution >= 4 is 10.8 Å². The molecule has 0 N–H and O–H groups in total. The number of pyridine rings is 1. The van der Waals surface area contributed by atoms with Crippen molar-refractivity contribution in [3.63, 3.8) is 0 Å². The molecule has 0 fully saturated rings. The maximum atomic E-state index is 5.09. The Balaban J connectivity index is 1.02. The van der Waals surface area contributed by atoms with Gasteiger partial charge in [0.15, 0.2) is 5.82 Å². The molecule has 1 aliphatic carbocycles. The van der Waals surface area contributed by atoms with Gasteiger partial charge in [0.1, 0.15) is 0 Å². The van der Waals surface area contributed by atoms with Gasteiger partial charge in [0.05, 0.1) is 11.4 Å². The Bertz CT molecular complexity index is 2860. The molecule has 0 aliphatic heterocycles. The number of nitrogens with zero attached hydrogens (tertiary/aromatic N) is 3. The van der Waals surface area contributed by atoms with Crippen LogP contribution in [-0.2, 0) is 5.41 Å². The van der Waals surface area contributed by atoms with Crippen LogP contribution in [-0.4, -0.2) is 15.0 Å². The molecule has 2 aromatic heterocycles. The molecule has 2 heterocycles. The molecule has 0 saturated carbocycles. The van der Waals surface area contributed by atoms with Crippen LogP contribution in [0.1, 0.15) is 25.0 Å². The Labute approximate surface area is 321 Å². The molecular formula is C52H37N3. The number of aromatic nitrogens is 3. The SMILES string of the molecule is CC1(C)c2cccc(-c3cccc(-c4ccc(-c5cc(-c6ccc(-c7cccnc7)cc6)nc(-c6ccccc6)n5)cc4)c3)c2-c2c1ccc1ccccc21. The standard InChI is InChI=1S/C52H37N3/c1-52(2)45-19-9-18-44(50(45)49-43-17-7-6-11-36(43)28-29-46(49)52)41-15-8-14-40(31-41)34-20-24-37(25-21-34)47-32-48(55-51(54-47)39-12-4-3-5-13-39)38-26-22-35(23-27-38)42-16-10-30-53-33-42/h3-33H,1-2H3. The van der Waals surface area contributed by atoms with Crippen molar-refractivity contribution in [1.82, 2.24) is 15.0 Å². The van der Waals surface area contributed by atoms with Crippen LogP contribution in [0.2, 0.25) is 0 Å².